The van der Waals surface area contributed by atoms with E-state index in [1.807, 2.05) is 6.07 Å². The predicted molar refractivity (Wildman–Crippen MR) is 68.2 cm³/mol. The van der Waals surface area contributed by atoms with Crippen molar-refractivity contribution in [2.75, 3.05) is 26.7 Å². The summed E-state index contributed by atoms with van der Waals surface area (Å²) in [6.07, 6.45) is 0. The van der Waals surface area contributed by atoms with Crippen LogP contribution < -0.4 is 10.1 Å². The Kier molecular flexibility index (Phi) is 3.52. The number of hydrogen-bond donors (Lipinski definition) is 1. The maximum absolute atomic E-state index is 5.35. The lowest BCUT2D eigenvalue weighted by Crippen LogP contribution is -2.56. The van der Waals surface area contributed by atoms with Gasteiger partial charge in [0.25, 0.3) is 0 Å². The number of ether oxygens (including phenoxy) is 1. The molecule has 0 aliphatic carbocycles. The molecule has 1 aromatic heterocycles. The fraction of sp³-hybridized carbons (Fsp3) is 0.667. The maximum Gasteiger partial charge on any atom is 0.134 e. The second-order valence-corrected chi connectivity index (χ2v) is 5.93. The van der Waals surface area contributed by atoms with E-state index in [1.165, 1.54) is 4.88 Å². The summed E-state index contributed by atoms with van der Waals surface area (Å²) < 4.78 is 5.35. The van der Waals surface area contributed by atoms with Crippen LogP contribution in [0.3, 0.4) is 0 Å². The van der Waals surface area contributed by atoms with Gasteiger partial charge in [-0.05, 0) is 25.3 Å². The van der Waals surface area contributed by atoms with Crippen molar-refractivity contribution < 1.29 is 4.74 Å². The Bertz CT molecular complexity index is 349. The van der Waals surface area contributed by atoms with Gasteiger partial charge in [-0.1, -0.05) is 0 Å². The minimum Gasteiger partial charge on any atom is -0.496 e. The first-order valence-electron chi connectivity index (χ1n) is 5.68. The van der Waals surface area contributed by atoms with Crippen molar-refractivity contribution in [2.45, 2.75) is 25.9 Å². The Morgan fingerprint density at radius 2 is 2.38 bits per heavy atom. The van der Waals surface area contributed by atoms with Gasteiger partial charge in [-0.2, -0.15) is 0 Å². The average Bonchev–Trinajstić information content (AvgIpc) is 2.63. The third kappa shape index (κ3) is 2.75. The molecule has 1 aliphatic heterocycles. The molecule has 0 radical (unpaired) electrons. The Hall–Kier alpha value is -0.580. The molecule has 4 heteroatoms. The molecule has 16 heavy (non-hydrogen) atoms. The van der Waals surface area contributed by atoms with Gasteiger partial charge in [-0.3, -0.25) is 4.90 Å². The monoisotopic (exact) mass is 240 g/mol. The Morgan fingerprint density at radius 3 is 3.06 bits per heavy atom. The normalized spacial score (nSPS) is 20.9. The smallest absolute Gasteiger partial charge is 0.134 e. The summed E-state index contributed by atoms with van der Waals surface area (Å²) in [5.74, 6) is 1.03. The van der Waals surface area contributed by atoms with Crippen LogP contribution in [0.5, 0.6) is 5.75 Å². The number of rotatable bonds is 3. The molecule has 3 nitrogen and oxygen atoms in total. The summed E-state index contributed by atoms with van der Waals surface area (Å²) in [6.45, 7) is 8.79. The number of hydrogen-bond acceptors (Lipinski definition) is 4. The predicted octanol–water partition coefficient (Wildman–Crippen LogP) is 1.94. The third-order valence-electron chi connectivity index (χ3n) is 2.94. The van der Waals surface area contributed by atoms with Crippen molar-refractivity contribution >= 4 is 11.3 Å². The van der Waals surface area contributed by atoms with E-state index in [9.17, 15) is 0 Å². The minimum absolute atomic E-state index is 0.225. The summed E-state index contributed by atoms with van der Waals surface area (Å²) >= 11 is 1.78. The van der Waals surface area contributed by atoms with Crippen LogP contribution in [0.2, 0.25) is 0 Å². The summed E-state index contributed by atoms with van der Waals surface area (Å²) in [5, 5.41) is 5.63. The fourth-order valence-corrected chi connectivity index (χ4v) is 3.09. The molecule has 1 aliphatic rings. The molecule has 0 amide bonds. The van der Waals surface area contributed by atoms with E-state index in [0.29, 0.717) is 0 Å². The molecule has 90 valence electrons. The van der Waals surface area contributed by atoms with Gasteiger partial charge in [-0.25, -0.2) is 0 Å². The molecule has 0 spiro atoms. The van der Waals surface area contributed by atoms with Crippen molar-refractivity contribution in [3.63, 3.8) is 0 Å². The zero-order chi connectivity index (χ0) is 11.6. The highest BCUT2D eigenvalue weighted by atomic mass is 32.1. The van der Waals surface area contributed by atoms with Crippen molar-refractivity contribution in [1.29, 1.82) is 0 Å². The molecule has 1 N–H and O–H groups in total. The molecular weight excluding hydrogens is 220 g/mol. The lowest BCUT2D eigenvalue weighted by Gasteiger charge is -2.39. The van der Waals surface area contributed by atoms with E-state index >= 15 is 0 Å². The van der Waals surface area contributed by atoms with E-state index < -0.39 is 0 Å². The minimum atomic E-state index is 0.225. The molecule has 0 bridgehead atoms. The quantitative estimate of drug-likeness (QED) is 0.874. The highest BCUT2D eigenvalue weighted by Crippen LogP contribution is 2.26. The molecule has 2 rings (SSSR count). The molecule has 0 saturated carbocycles. The van der Waals surface area contributed by atoms with Crippen molar-refractivity contribution in [3.05, 3.63) is 16.3 Å². The van der Waals surface area contributed by atoms with Crippen LogP contribution in [0.1, 0.15) is 18.7 Å². The van der Waals surface area contributed by atoms with Crippen molar-refractivity contribution in [3.8, 4) is 5.75 Å². The summed E-state index contributed by atoms with van der Waals surface area (Å²) in [5.41, 5.74) is 0.225. The lowest BCUT2D eigenvalue weighted by atomic mass is 10.0. The Balaban J connectivity index is 1.99. The van der Waals surface area contributed by atoms with E-state index in [-0.39, 0.29) is 5.54 Å². The van der Waals surface area contributed by atoms with Crippen LogP contribution in [0.15, 0.2) is 11.4 Å². The van der Waals surface area contributed by atoms with Gasteiger partial charge in [0, 0.05) is 31.7 Å². The Labute approximate surface area is 101 Å². The van der Waals surface area contributed by atoms with Gasteiger partial charge in [0.05, 0.1) is 12.0 Å². The first kappa shape index (κ1) is 11.9. The standard InChI is InChI=1S/C12H20N2OS/c1-12(2)9-14(6-5-13-12)8-11-10(15-3)4-7-16-11/h4,7,13H,5-6,8-9H2,1-3H3. The maximum atomic E-state index is 5.35. The van der Waals surface area contributed by atoms with Crippen molar-refractivity contribution in [1.82, 2.24) is 10.2 Å². The van der Waals surface area contributed by atoms with Gasteiger partial charge in [0.1, 0.15) is 5.75 Å². The molecule has 2 heterocycles. The second-order valence-electron chi connectivity index (χ2n) is 4.93. The number of nitrogens with zero attached hydrogens (tertiary/aromatic N) is 1. The summed E-state index contributed by atoms with van der Waals surface area (Å²) in [4.78, 5) is 3.82. The molecule has 0 aromatic carbocycles. The van der Waals surface area contributed by atoms with Gasteiger partial charge >= 0.3 is 0 Å². The van der Waals surface area contributed by atoms with Crippen LogP contribution >= 0.6 is 11.3 Å². The van der Waals surface area contributed by atoms with Crippen LogP contribution in [-0.2, 0) is 6.54 Å². The zero-order valence-corrected chi connectivity index (χ0v) is 11.1. The largest absolute Gasteiger partial charge is 0.496 e. The topological polar surface area (TPSA) is 24.5 Å². The van der Waals surface area contributed by atoms with Gasteiger partial charge < -0.3 is 10.1 Å². The average molecular weight is 240 g/mol. The number of piperazine rings is 1. The van der Waals surface area contributed by atoms with E-state index in [4.69, 9.17) is 4.74 Å². The molecule has 1 saturated heterocycles. The van der Waals surface area contributed by atoms with Crippen LogP contribution in [0.25, 0.3) is 0 Å². The van der Waals surface area contributed by atoms with Crippen LogP contribution in [0.4, 0.5) is 0 Å². The van der Waals surface area contributed by atoms with Crippen LogP contribution in [0, 0.1) is 0 Å². The van der Waals surface area contributed by atoms with Crippen LogP contribution in [-0.4, -0.2) is 37.2 Å². The molecule has 1 fully saturated rings. The summed E-state index contributed by atoms with van der Waals surface area (Å²) in [6, 6.07) is 2.05. The van der Waals surface area contributed by atoms with E-state index in [1.54, 1.807) is 18.4 Å². The second kappa shape index (κ2) is 4.73. The van der Waals surface area contributed by atoms with Crippen molar-refractivity contribution in [2.24, 2.45) is 0 Å². The third-order valence-corrected chi connectivity index (χ3v) is 3.83. The van der Waals surface area contributed by atoms with E-state index in [2.05, 4.69) is 29.4 Å². The first-order chi connectivity index (χ1) is 7.61. The first-order valence-corrected chi connectivity index (χ1v) is 6.56. The number of nitrogens with one attached hydrogen (secondary N) is 1. The molecular formula is C12H20N2OS. The highest BCUT2D eigenvalue weighted by molar-refractivity contribution is 7.10. The summed E-state index contributed by atoms with van der Waals surface area (Å²) in [7, 11) is 1.74. The highest BCUT2D eigenvalue weighted by Gasteiger charge is 2.26. The number of methoxy groups -OCH3 is 1. The van der Waals surface area contributed by atoms with Gasteiger partial charge in [0.2, 0.25) is 0 Å². The number of thiophene rings is 1. The molecule has 0 unspecified atom stereocenters. The SMILES string of the molecule is COc1ccsc1CN1CCNC(C)(C)C1. The lowest BCUT2D eigenvalue weighted by molar-refractivity contribution is 0.148. The molecule has 0 atom stereocenters. The van der Waals surface area contributed by atoms with Gasteiger partial charge in [0.15, 0.2) is 0 Å². The Morgan fingerprint density at radius 1 is 1.56 bits per heavy atom. The molecule has 1 aromatic rings. The fourth-order valence-electron chi connectivity index (χ4n) is 2.21. The zero-order valence-electron chi connectivity index (χ0n) is 10.2. The van der Waals surface area contributed by atoms with Gasteiger partial charge in [-0.15, -0.1) is 11.3 Å². The van der Waals surface area contributed by atoms with E-state index in [0.717, 1.165) is 31.9 Å².